The fourth-order valence-corrected chi connectivity index (χ4v) is 4.30. The molecule has 1 aliphatic heterocycles. The molecule has 4 rings (SSSR count). The van der Waals surface area contributed by atoms with Gasteiger partial charge in [0.25, 0.3) is 0 Å². The van der Waals surface area contributed by atoms with E-state index in [1.807, 2.05) is 12.4 Å². The lowest BCUT2D eigenvalue weighted by Gasteiger charge is -2.32. The highest BCUT2D eigenvalue weighted by Crippen LogP contribution is 2.40. The van der Waals surface area contributed by atoms with E-state index >= 15 is 0 Å². The topological polar surface area (TPSA) is 94.0 Å². The Morgan fingerprint density at radius 1 is 0.970 bits per heavy atom. The Hall–Kier alpha value is -3.29. The van der Waals surface area contributed by atoms with E-state index in [9.17, 15) is 9.59 Å². The van der Waals surface area contributed by atoms with Gasteiger partial charge in [-0.15, -0.1) is 0 Å². The lowest BCUT2D eigenvalue weighted by molar-refractivity contribution is -0.134. The molecule has 1 aromatic carbocycles. The van der Waals surface area contributed by atoms with Crippen LogP contribution in [0.4, 0.5) is 0 Å². The zero-order valence-corrected chi connectivity index (χ0v) is 19.2. The Balaban J connectivity index is 0.000000331. The summed E-state index contributed by atoms with van der Waals surface area (Å²) in [5.41, 5.74) is 8.74. The first kappa shape index (κ1) is 24.4. The molecule has 2 aromatic rings. The lowest BCUT2D eigenvalue weighted by Crippen LogP contribution is -2.44. The number of hydrogen-bond acceptors (Lipinski definition) is 5. The maximum Gasteiger partial charge on any atom is 0.328 e. The second-order valence-electron chi connectivity index (χ2n) is 8.41. The molecular weight excluding hydrogens is 418 g/mol. The minimum Gasteiger partial charge on any atom is -0.478 e. The van der Waals surface area contributed by atoms with E-state index in [1.54, 1.807) is 11.1 Å². The van der Waals surface area contributed by atoms with Gasteiger partial charge in [-0.2, -0.15) is 0 Å². The first-order valence-electron chi connectivity index (χ1n) is 11.1. The summed E-state index contributed by atoms with van der Waals surface area (Å²) in [4.78, 5) is 28.3. The van der Waals surface area contributed by atoms with Crippen LogP contribution >= 0.6 is 0 Å². The van der Waals surface area contributed by atoms with Crippen molar-refractivity contribution in [1.29, 1.82) is 0 Å². The third-order valence-corrected chi connectivity index (χ3v) is 6.09. The van der Waals surface area contributed by atoms with Crippen LogP contribution in [0.5, 0.6) is 0 Å². The zero-order valence-electron chi connectivity index (χ0n) is 19.2. The van der Waals surface area contributed by atoms with Crippen molar-refractivity contribution in [3.63, 3.8) is 0 Å². The van der Waals surface area contributed by atoms with Gasteiger partial charge < -0.3 is 20.0 Å². The van der Waals surface area contributed by atoms with Gasteiger partial charge in [-0.3, -0.25) is 4.98 Å². The number of rotatable bonds is 6. The molecule has 0 bridgehead atoms. The van der Waals surface area contributed by atoms with E-state index in [-0.39, 0.29) is 0 Å². The molecule has 174 valence electrons. The van der Waals surface area contributed by atoms with Crippen LogP contribution in [0, 0.1) is 0 Å². The van der Waals surface area contributed by atoms with Crippen molar-refractivity contribution in [3.8, 4) is 11.1 Å². The monoisotopic (exact) mass is 449 g/mol. The first-order chi connectivity index (χ1) is 15.8. The van der Waals surface area contributed by atoms with E-state index in [0.717, 1.165) is 6.42 Å². The number of aliphatic carboxylic acids is 2. The van der Waals surface area contributed by atoms with Crippen molar-refractivity contribution in [2.24, 2.45) is 0 Å². The highest BCUT2D eigenvalue weighted by atomic mass is 16.4. The number of carboxylic acids is 2. The van der Waals surface area contributed by atoms with Gasteiger partial charge in [0.15, 0.2) is 0 Å². The van der Waals surface area contributed by atoms with Gasteiger partial charge in [0, 0.05) is 57.3 Å². The SMILES string of the molecule is CC1=C(CCN2CCN(C)CC2)c2cccc(-c3ccncc3)c2C1.O=C(O)C=CC(=O)O. The average Bonchev–Trinajstić information content (AvgIpc) is 3.13. The van der Waals surface area contributed by atoms with Crippen LogP contribution in [0.15, 0.2) is 60.5 Å². The molecule has 0 unspecified atom stereocenters. The zero-order chi connectivity index (χ0) is 23.8. The van der Waals surface area contributed by atoms with Crippen LogP contribution in [0.2, 0.25) is 0 Å². The Morgan fingerprint density at radius 2 is 1.58 bits per heavy atom. The van der Waals surface area contributed by atoms with Crippen molar-refractivity contribution in [2.45, 2.75) is 19.8 Å². The van der Waals surface area contributed by atoms with Gasteiger partial charge in [0.1, 0.15) is 0 Å². The standard InChI is InChI=1S/C22H27N3.C4H4O4/c1-17-16-22-20(18-6-9-23-10-7-18)4-3-5-21(22)19(17)8-11-25-14-12-24(2)13-15-25;5-3(6)1-2-4(7)8/h3-7,9-10H,8,11-16H2,1-2H3;1-2H,(H,5,6)(H,7,8). The van der Waals surface area contributed by atoms with Crippen molar-refractivity contribution >= 4 is 17.5 Å². The fourth-order valence-electron chi connectivity index (χ4n) is 4.30. The van der Waals surface area contributed by atoms with Gasteiger partial charge in [0.05, 0.1) is 0 Å². The Labute approximate surface area is 194 Å². The van der Waals surface area contributed by atoms with E-state index in [4.69, 9.17) is 10.2 Å². The average molecular weight is 450 g/mol. The summed E-state index contributed by atoms with van der Waals surface area (Å²) in [5.74, 6) is -2.51. The van der Waals surface area contributed by atoms with Crippen LogP contribution in [0.3, 0.4) is 0 Å². The predicted octanol–water partition coefficient (Wildman–Crippen LogP) is 3.43. The molecule has 1 saturated heterocycles. The van der Waals surface area contributed by atoms with Crippen LogP contribution in [0.1, 0.15) is 24.5 Å². The molecule has 0 amide bonds. The van der Waals surface area contributed by atoms with Crippen molar-refractivity contribution in [1.82, 2.24) is 14.8 Å². The Kier molecular flexibility index (Phi) is 8.52. The summed E-state index contributed by atoms with van der Waals surface area (Å²) < 4.78 is 0. The smallest absolute Gasteiger partial charge is 0.328 e. The van der Waals surface area contributed by atoms with Crippen molar-refractivity contribution < 1.29 is 19.8 Å². The van der Waals surface area contributed by atoms with Gasteiger partial charge in [-0.25, -0.2) is 9.59 Å². The predicted molar refractivity (Wildman–Crippen MR) is 129 cm³/mol. The number of likely N-dealkylation sites (N-methyl/N-ethyl adjacent to an activating group) is 1. The molecule has 1 fully saturated rings. The molecule has 2 N–H and O–H groups in total. The number of hydrogen-bond donors (Lipinski definition) is 2. The van der Waals surface area contributed by atoms with Gasteiger partial charge in [-0.1, -0.05) is 23.8 Å². The summed E-state index contributed by atoms with van der Waals surface area (Å²) >= 11 is 0. The minimum absolute atomic E-state index is 0.558. The number of piperazine rings is 1. The Morgan fingerprint density at radius 3 is 2.18 bits per heavy atom. The van der Waals surface area contributed by atoms with Crippen LogP contribution in [0.25, 0.3) is 16.7 Å². The highest BCUT2D eigenvalue weighted by molar-refractivity contribution is 5.89. The highest BCUT2D eigenvalue weighted by Gasteiger charge is 2.23. The molecule has 2 aliphatic rings. The quantitative estimate of drug-likeness (QED) is 0.653. The summed E-state index contributed by atoms with van der Waals surface area (Å²) in [5, 5.41) is 15.6. The molecule has 2 heterocycles. The van der Waals surface area contributed by atoms with Gasteiger partial charge in [0.2, 0.25) is 0 Å². The largest absolute Gasteiger partial charge is 0.478 e. The fraction of sp³-hybridized carbons (Fsp3) is 0.346. The minimum atomic E-state index is -1.26. The summed E-state index contributed by atoms with van der Waals surface area (Å²) in [7, 11) is 2.22. The number of benzene rings is 1. The number of carboxylic acid groups (broad SMARTS) is 2. The molecule has 0 saturated carbocycles. The molecule has 33 heavy (non-hydrogen) atoms. The van der Waals surface area contributed by atoms with Crippen molar-refractivity contribution in [2.75, 3.05) is 39.8 Å². The number of nitrogens with zero attached hydrogens (tertiary/aromatic N) is 3. The maximum atomic E-state index is 9.55. The molecule has 1 aliphatic carbocycles. The van der Waals surface area contributed by atoms with Crippen LogP contribution < -0.4 is 0 Å². The molecule has 7 heteroatoms. The van der Waals surface area contributed by atoms with Crippen molar-refractivity contribution in [3.05, 3.63) is 71.6 Å². The number of pyridine rings is 1. The summed E-state index contributed by atoms with van der Waals surface area (Å²) in [6.45, 7) is 8.29. The van der Waals surface area contributed by atoms with Crippen LogP contribution in [-0.2, 0) is 16.0 Å². The molecule has 1 aromatic heterocycles. The summed E-state index contributed by atoms with van der Waals surface area (Å²) in [6.07, 6.45) is 7.15. The normalized spacial score (nSPS) is 16.4. The second kappa shape index (κ2) is 11.5. The van der Waals surface area contributed by atoms with Crippen LogP contribution in [-0.4, -0.2) is 76.7 Å². The molecular formula is C26H31N3O4. The first-order valence-corrected chi connectivity index (χ1v) is 11.1. The molecule has 0 radical (unpaired) electrons. The number of aromatic nitrogens is 1. The third-order valence-electron chi connectivity index (χ3n) is 6.09. The molecule has 0 atom stereocenters. The van der Waals surface area contributed by atoms with Gasteiger partial charge >= 0.3 is 11.9 Å². The van der Waals surface area contributed by atoms with Gasteiger partial charge in [-0.05, 0) is 66.8 Å². The number of carbonyl (C=O) groups is 2. The number of allylic oxidation sites excluding steroid dienone is 1. The lowest BCUT2D eigenvalue weighted by atomic mass is 9.95. The maximum absolute atomic E-state index is 9.55. The van der Waals surface area contributed by atoms with E-state index in [2.05, 4.69) is 59.1 Å². The third kappa shape index (κ3) is 6.84. The number of fused-ring (bicyclic) bond motifs is 1. The molecule has 7 nitrogen and oxygen atoms in total. The molecule has 0 spiro atoms. The van der Waals surface area contributed by atoms with E-state index < -0.39 is 11.9 Å². The van der Waals surface area contributed by atoms with E-state index in [0.29, 0.717) is 12.2 Å². The van der Waals surface area contributed by atoms with E-state index in [1.165, 1.54) is 61.4 Å². The second-order valence-corrected chi connectivity index (χ2v) is 8.41. The summed E-state index contributed by atoms with van der Waals surface area (Å²) in [6, 6.07) is 11.0. The Bertz CT molecular complexity index is 1020.